The molecule has 7 heteroatoms. The molecule has 3 aromatic rings. The molecule has 3 rings (SSSR count). The van der Waals surface area contributed by atoms with Crippen LogP contribution in [-0.2, 0) is 12.7 Å². The number of halogens is 3. The van der Waals surface area contributed by atoms with Crippen LogP contribution >= 0.6 is 0 Å². The summed E-state index contributed by atoms with van der Waals surface area (Å²) in [5.74, 6) is 0.679. The molecule has 0 unspecified atom stereocenters. The van der Waals surface area contributed by atoms with Crippen LogP contribution in [0.5, 0.6) is 0 Å². The molecule has 108 valence electrons. The van der Waals surface area contributed by atoms with Gasteiger partial charge >= 0.3 is 12.0 Å². The van der Waals surface area contributed by atoms with E-state index in [2.05, 4.69) is 15.3 Å². The van der Waals surface area contributed by atoms with E-state index in [4.69, 9.17) is 0 Å². The third-order valence-corrected chi connectivity index (χ3v) is 3.01. The average molecular weight is 293 g/mol. The number of fused-ring (bicyclic) bond motifs is 1. The van der Waals surface area contributed by atoms with E-state index < -0.39 is 11.7 Å². The standard InChI is InChI=1S/C14H11F3N4/c15-14(16,17)10-3-1-4-11(7-10)19-8-12-9-21-6-2-5-18-13(21)20-12/h1-7,9,19H,8H2/p+1. The normalized spacial score (nSPS) is 11.8. The molecule has 0 fully saturated rings. The van der Waals surface area contributed by atoms with Gasteiger partial charge in [-0.2, -0.15) is 13.2 Å². The first-order chi connectivity index (χ1) is 10.0. The molecule has 0 bridgehead atoms. The van der Waals surface area contributed by atoms with E-state index in [1.54, 1.807) is 18.3 Å². The number of rotatable bonds is 3. The van der Waals surface area contributed by atoms with Crippen molar-refractivity contribution in [2.45, 2.75) is 12.7 Å². The van der Waals surface area contributed by atoms with Gasteiger partial charge < -0.3 is 5.32 Å². The van der Waals surface area contributed by atoms with E-state index in [9.17, 15) is 13.2 Å². The highest BCUT2D eigenvalue weighted by Crippen LogP contribution is 2.30. The maximum atomic E-state index is 12.6. The summed E-state index contributed by atoms with van der Waals surface area (Å²) in [6.45, 7) is 0.380. The first-order valence-corrected chi connectivity index (χ1v) is 6.27. The quantitative estimate of drug-likeness (QED) is 0.729. The third-order valence-electron chi connectivity index (χ3n) is 3.01. The van der Waals surface area contributed by atoms with Crippen LogP contribution in [0.25, 0.3) is 5.78 Å². The van der Waals surface area contributed by atoms with Crippen molar-refractivity contribution in [3.05, 3.63) is 60.2 Å². The number of anilines is 1. The second kappa shape index (κ2) is 5.08. The lowest BCUT2D eigenvalue weighted by atomic mass is 10.2. The number of nitrogens with zero attached hydrogens (tertiary/aromatic N) is 2. The van der Waals surface area contributed by atoms with Crippen LogP contribution in [0.4, 0.5) is 18.9 Å². The summed E-state index contributed by atoms with van der Waals surface area (Å²) < 4.78 is 39.7. The number of aromatic nitrogens is 3. The molecule has 1 aromatic carbocycles. The van der Waals surface area contributed by atoms with Crippen LogP contribution in [-0.4, -0.2) is 9.97 Å². The number of alkyl halides is 3. The van der Waals surface area contributed by atoms with Crippen LogP contribution in [0, 0.1) is 0 Å². The minimum Gasteiger partial charge on any atom is -0.378 e. The molecule has 0 saturated carbocycles. The largest absolute Gasteiger partial charge is 0.416 e. The van der Waals surface area contributed by atoms with Crippen LogP contribution in [0.15, 0.2) is 48.9 Å². The molecule has 0 aliphatic heterocycles. The van der Waals surface area contributed by atoms with Gasteiger partial charge in [-0.3, -0.25) is 0 Å². The third kappa shape index (κ3) is 2.96. The molecule has 2 aromatic heterocycles. The number of benzene rings is 1. The SMILES string of the molecule is FC(F)(F)c1cccc(NCc2c[n+]3cccnc3[nH]2)c1. The van der Waals surface area contributed by atoms with Gasteiger partial charge in [-0.05, 0) is 18.2 Å². The van der Waals surface area contributed by atoms with Crippen molar-refractivity contribution < 1.29 is 17.6 Å². The molecule has 21 heavy (non-hydrogen) atoms. The number of hydrogen-bond acceptors (Lipinski definition) is 2. The second-order valence-electron chi connectivity index (χ2n) is 4.56. The highest BCUT2D eigenvalue weighted by molar-refractivity contribution is 5.46. The summed E-state index contributed by atoms with van der Waals surface area (Å²) in [5, 5.41) is 2.96. The van der Waals surface area contributed by atoms with Gasteiger partial charge in [-0.15, -0.1) is 0 Å². The first kappa shape index (κ1) is 13.4. The van der Waals surface area contributed by atoms with Crippen molar-refractivity contribution in [3.8, 4) is 0 Å². The fraction of sp³-hybridized carbons (Fsp3) is 0.143. The minimum atomic E-state index is -4.33. The number of imidazole rings is 1. The molecule has 0 spiro atoms. The Morgan fingerprint density at radius 1 is 1.24 bits per heavy atom. The zero-order chi connectivity index (χ0) is 14.9. The summed E-state index contributed by atoms with van der Waals surface area (Å²) in [6.07, 6.45) is 1.00. The molecule has 0 aliphatic carbocycles. The predicted octanol–water partition coefficient (Wildman–Crippen LogP) is 2.78. The van der Waals surface area contributed by atoms with Gasteiger partial charge in [-0.25, -0.2) is 9.38 Å². The molecular formula is C14H12F3N4+. The Balaban J connectivity index is 1.75. The van der Waals surface area contributed by atoms with Gasteiger partial charge in [0.15, 0.2) is 0 Å². The van der Waals surface area contributed by atoms with E-state index in [-0.39, 0.29) is 0 Å². The van der Waals surface area contributed by atoms with Crippen LogP contribution in [0.1, 0.15) is 11.3 Å². The van der Waals surface area contributed by atoms with Gasteiger partial charge in [0.25, 0.3) is 0 Å². The molecule has 2 heterocycles. The lowest BCUT2D eigenvalue weighted by molar-refractivity contribution is -0.512. The first-order valence-electron chi connectivity index (χ1n) is 6.27. The van der Waals surface area contributed by atoms with Crippen molar-refractivity contribution >= 4 is 11.5 Å². The van der Waals surface area contributed by atoms with Gasteiger partial charge in [0.1, 0.15) is 18.1 Å². The zero-order valence-electron chi connectivity index (χ0n) is 10.9. The molecule has 0 amide bonds. The highest BCUT2D eigenvalue weighted by atomic mass is 19.4. The summed E-state index contributed by atoms with van der Waals surface area (Å²) in [6, 6.07) is 6.92. The fourth-order valence-electron chi connectivity index (χ4n) is 2.02. The van der Waals surface area contributed by atoms with Crippen molar-refractivity contribution in [1.82, 2.24) is 9.97 Å². The van der Waals surface area contributed by atoms with Crippen LogP contribution in [0.3, 0.4) is 0 Å². The monoisotopic (exact) mass is 293 g/mol. The summed E-state index contributed by atoms with van der Waals surface area (Å²) in [7, 11) is 0. The predicted molar refractivity (Wildman–Crippen MR) is 70.5 cm³/mol. The van der Waals surface area contributed by atoms with Gasteiger partial charge in [0, 0.05) is 11.8 Å². The Morgan fingerprint density at radius 2 is 2.10 bits per heavy atom. The van der Waals surface area contributed by atoms with Crippen molar-refractivity contribution in [2.75, 3.05) is 5.32 Å². The zero-order valence-corrected chi connectivity index (χ0v) is 10.9. The van der Waals surface area contributed by atoms with Crippen molar-refractivity contribution in [1.29, 1.82) is 0 Å². The molecule has 0 saturated heterocycles. The lowest BCUT2D eigenvalue weighted by Crippen LogP contribution is -2.17. The Bertz CT molecular complexity index is 731. The maximum Gasteiger partial charge on any atom is 0.416 e. The topological polar surface area (TPSA) is 44.8 Å². The van der Waals surface area contributed by atoms with Gasteiger partial charge in [-0.1, -0.05) is 11.1 Å². The minimum absolute atomic E-state index is 0.380. The van der Waals surface area contributed by atoms with Crippen LogP contribution in [0.2, 0.25) is 0 Å². The molecule has 2 N–H and O–H groups in total. The molecule has 4 nitrogen and oxygen atoms in total. The van der Waals surface area contributed by atoms with E-state index in [1.165, 1.54) is 6.07 Å². The van der Waals surface area contributed by atoms with E-state index in [1.807, 2.05) is 16.8 Å². The number of nitrogens with one attached hydrogen (secondary N) is 2. The fourth-order valence-corrected chi connectivity index (χ4v) is 2.02. The van der Waals surface area contributed by atoms with E-state index >= 15 is 0 Å². The summed E-state index contributed by atoms with van der Waals surface area (Å²) >= 11 is 0. The second-order valence-corrected chi connectivity index (χ2v) is 4.56. The Hall–Kier alpha value is -2.57. The number of aromatic amines is 1. The molecular weight excluding hydrogens is 281 g/mol. The highest BCUT2D eigenvalue weighted by Gasteiger charge is 2.30. The molecule has 0 atom stereocenters. The number of H-pyrrole nitrogens is 1. The maximum absolute atomic E-state index is 12.6. The van der Waals surface area contributed by atoms with Crippen molar-refractivity contribution in [3.63, 3.8) is 0 Å². The summed E-state index contributed by atoms with van der Waals surface area (Å²) in [5.41, 5.74) is 0.577. The smallest absolute Gasteiger partial charge is 0.378 e. The van der Waals surface area contributed by atoms with Crippen LogP contribution < -0.4 is 9.72 Å². The Morgan fingerprint density at radius 3 is 2.86 bits per heavy atom. The van der Waals surface area contributed by atoms with E-state index in [0.717, 1.165) is 17.8 Å². The van der Waals surface area contributed by atoms with Gasteiger partial charge in [0.05, 0.1) is 18.3 Å². The van der Waals surface area contributed by atoms with E-state index in [0.29, 0.717) is 18.0 Å². The van der Waals surface area contributed by atoms with Crippen molar-refractivity contribution in [2.24, 2.45) is 0 Å². The average Bonchev–Trinajstić information content (AvgIpc) is 2.87. The van der Waals surface area contributed by atoms with Gasteiger partial charge in [0.2, 0.25) is 0 Å². The molecule has 0 aliphatic rings. The Kier molecular flexibility index (Phi) is 3.25. The number of hydrogen-bond donors (Lipinski definition) is 2. The lowest BCUT2D eigenvalue weighted by Gasteiger charge is -2.09. The molecule has 0 radical (unpaired) electrons. The Labute approximate surface area is 118 Å². The summed E-state index contributed by atoms with van der Waals surface area (Å²) in [4.78, 5) is 7.21.